The van der Waals surface area contributed by atoms with Crippen molar-refractivity contribution in [3.63, 3.8) is 0 Å². The molecule has 0 amide bonds. The largest absolute Gasteiger partial charge is 0.505 e. The van der Waals surface area contributed by atoms with Gasteiger partial charge in [0.05, 0.1) is 11.3 Å². The number of anilines is 1. The standard InChI is InChI=1S/C21H15NO3/c1-11-6-2-3-7-12(11)15-10-16(22)21(25)18-17(15)19(23)13-8-4-5-9-14(13)20(18)24/h2-10,25H,22H2,1H3. The van der Waals surface area contributed by atoms with Gasteiger partial charge in [-0.3, -0.25) is 9.59 Å². The maximum Gasteiger partial charge on any atom is 0.198 e. The van der Waals surface area contributed by atoms with Crippen LogP contribution >= 0.6 is 0 Å². The van der Waals surface area contributed by atoms with Gasteiger partial charge in [0.25, 0.3) is 0 Å². The highest BCUT2D eigenvalue weighted by Gasteiger charge is 2.35. The van der Waals surface area contributed by atoms with Crippen molar-refractivity contribution in [3.8, 4) is 16.9 Å². The zero-order valence-corrected chi connectivity index (χ0v) is 13.5. The molecule has 122 valence electrons. The van der Waals surface area contributed by atoms with Crippen molar-refractivity contribution in [3.05, 3.63) is 82.4 Å². The van der Waals surface area contributed by atoms with Crippen molar-refractivity contribution >= 4 is 17.3 Å². The lowest BCUT2D eigenvalue weighted by Gasteiger charge is -2.23. The number of ketones is 2. The van der Waals surface area contributed by atoms with Crippen LogP contribution in [-0.4, -0.2) is 16.7 Å². The predicted molar refractivity (Wildman–Crippen MR) is 96.0 cm³/mol. The lowest BCUT2D eigenvalue weighted by molar-refractivity contribution is 0.0977. The number of carbonyl (C=O) groups excluding carboxylic acids is 2. The first-order valence-electron chi connectivity index (χ1n) is 7.90. The molecule has 3 aromatic carbocycles. The average Bonchev–Trinajstić information content (AvgIpc) is 2.62. The van der Waals surface area contributed by atoms with Crippen LogP contribution in [0.15, 0.2) is 54.6 Å². The van der Waals surface area contributed by atoms with Gasteiger partial charge in [-0.2, -0.15) is 0 Å². The molecule has 0 bridgehead atoms. The highest BCUT2D eigenvalue weighted by Crippen LogP contribution is 2.42. The predicted octanol–water partition coefficient (Wildman–Crippen LogP) is 3.73. The summed E-state index contributed by atoms with van der Waals surface area (Å²) < 4.78 is 0. The van der Waals surface area contributed by atoms with Crippen LogP contribution in [0.1, 0.15) is 37.4 Å². The third kappa shape index (κ3) is 2.08. The second kappa shape index (κ2) is 5.31. The smallest absolute Gasteiger partial charge is 0.198 e. The van der Waals surface area contributed by atoms with E-state index in [2.05, 4.69) is 0 Å². The van der Waals surface area contributed by atoms with Crippen LogP contribution in [0.3, 0.4) is 0 Å². The van der Waals surface area contributed by atoms with Gasteiger partial charge in [-0.25, -0.2) is 0 Å². The minimum atomic E-state index is -0.384. The van der Waals surface area contributed by atoms with E-state index in [9.17, 15) is 14.7 Å². The zero-order valence-electron chi connectivity index (χ0n) is 13.5. The molecular formula is C21H15NO3. The van der Waals surface area contributed by atoms with Crippen molar-refractivity contribution in [1.82, 2.24) is 0 Å². The summed E-state index contributed by atoms with van der Waals surface area (Å²) in [5, 5.41) is 10.4. The molecule has 0 heterocycles. The molecule has 3 N–H and O–H groups in total. The number of carbonyl (C=O) groups is 2. The molecule has 0 saturated carbocycles. The molecular weight excluding hydrogens is 314 g/mol. The quantitative estimate of drug-likeness (QED) is 0.412. The molecule has 0 aromatic heterocycles. The third-order valence-electron chi connectivity index (χ3n) is 4.64. The summed E-state index contributed by atoms with van der Waals surface area (Å²) in [6.07, 6.45) is 0. The van der Waals surface area contributed by atoms with Gasteiger partial charge in [0.1, 0.15) is 5.75 Å². The van der Waals surface area contributed by atoms with Gasteiger partial charge in [0.2, 0.25) is 0 Å². The van der Waals surface area contributed by atoms with E-state index >= 15 is 0 Å². The van der Waals surface area contributed by atoms with Crippen LogP contribution in [0.4, 0.5) is 5.69 Å². The Morgan fingerprint density at radius 1 is 0.760 bits per heavy atom. The fraction of sp³-hybridized carbons (Fsp3) is 0.0476. The molecule has 4 rings (SSSR count). The summed E-state index contributed by atoms with van der Waals surface area (Å²) in [4.78, 5) is 26.0. The number of aromatic hydroxyl groups is 1. The molecule has 0 unspecified atom stereocenters. The number of aryl methyl sites for hydroxylation is 1. The first kappa shape index (κ1) is 15.1. The highest BCUT2D eigenvalue weighted by molar-refractivity contribution is 6.31. The maximum absolute atomic E-state index is 13.1. The molecule has 0 saturated heterocycles. The zero-order chi connectivity index (χ0) is 17.7. The van der Waals surface area contributed by atoms with Crippen LogP contribution < -0.4 is 5.73 Å². The Morgan fingerprint density at radius 3 is 1.88 bits per heavy atom. The fourth-order valence-electron chi connectivity index (χ4n) is 3.39. The van der Waals surface area contributed by atoms with Gasteiger partial charge in [-0.15, -0.1) is 0 Å². The highest BCUT2D eigenvalue weighted by atomic mass is 16.3. The molecule has 0 spiro atoms. The van der Waals surface area contributed by atoms with Gasteiger partial charge in [0, 0.05) is 16.7 Å². The number of phenols is 1. The summed E-state index contributed by atoms with van der Waals surface area (Å²) in [7, 11) is 0. The van der Waals surface area contributed by atoms with E-state index in [1.807, 2.05) is 31.2 Å². The summed E-state index contributed by atoms with van der Waals surface area (Å²) >= 11 is 0. The Kier molecular flexibility index (Phi) is 3.22. The van der Waals surface area contributed by atoms with Gasteiger partial charge in [0.15, 0.2) is 11.6 Å². The Bertz CT molecular complexity index is 1070. The van der Waals surface area contributed by atoms with E-state index in [-0.39, 0.29) is 39.7 Å². The molecule has 3 aromatic rings. The fourth-order valence-corrected chi connectivity index (χ4v) is 3.39. The third-order valence-corrected chi connectivity index (χ3v) is 4.64. The summed E-state index contributed by atoms with van der Waals surface area (Å²) in [6, 6.07) is 15.8. The van der Waals surface area contributed by atoms with Crippen molar-refractivity contribution in [2.24, 2.45) is 0 Å². The second-order valence-corrected chi connectivity index (χ2v) is 6.13. The first-order valence-corrected chi connectivity index (χ1v) is 7.90. The van der Waals surface area contributed by atoms with Crippen LogP contribution in [-0.2, 0) is 0 Å². The van der Waals surface area contributed by atoms with E-state index in [1.54, 1.807) is 30.3 Å². The minimum Gasteiger partial charge on any atom is -0.505 e. The number of hydrogen-bond acceptors (Lipinski definition) is 4. The number of nitrogen functional groups attached to an aromatic ring is 1. The van der Waals surface area contributed by atoms with Crippen LogP contribution in [0.2, 0.25) is 0 Å². The Labute approximate surface area is 144 Å². The average molecular weight is 329 g/mol. The minimum absolute atomic E-state index is 0.0121. The molecule has 25 heavy (non-hydrogen) atoms. The van der Waals surface area contributed by atoms with Gasteiger partial charge in [-0.05, 0) is 29.7 Å². The number of rotatable bonds is 1. The molecule has 0 radical (unpaired) electrons. The van der Waals surface area contributed by atoms with E-state index in [0.717, 1.165) is 11.1 Å². The van der Waals surface area contributed by atoms with Crippen LogP contribution in [0.5, 0.6) is 5.75 Å². The summed E-state index contributed by atoms with van der Waals surface area (Å²) in [5.41, 5.74) is 9.19. The SMILES string of the molecule is Cc1ccccc1-c1cc(N)c(O)c2c1C(=O)c1ccccc1C2=O. The van der Waals surface area contributed by atoms with Crippen molar-refractivity contribution in [1.29, 1.82) is 0 Å². The van der Waals surface area contributed by atoms with Crippen molar-refractivity contribution < 1.29 is 14.7 Å². The molecule has 0 fully saturated rings. The van der Waals surface area contributed by atoms with Gasteiger partial charge in [-0.1, -0.05) is 48.5 Å². The normalized spacial score (nSPS) is 12.7. The topological polar surface area (TPSA) is 80.4 Å². The number of phenolic OH excluding ortho intramolecular Hbond substituents is 1. The number of nitrogens with two attached hydrogens (primary N) is 1. The molecule has 0 atom stereocenters. The van der Waals surface area contributed by atoms with Gasteiger partial charge >= 0.3 is 0 Å². The Balaban J connectivity index is 2.12. The second-order valence-electron chi connectivity index (χ2n) is 6.13. The summed E-state index contributed by atoms with van der Waals surface area (Å²) in [5.74, 6) is -0.997. The van der Waals surface area contributed by atoms with E-state index in [1.165, 1.54) is 0 Å². The lowest BCUT2D eigenvalue weighted by atomic mass is 9.79. The van der Waals surface area contributed by atoms with Crippen molar-refractivity contribution in [2.45, 2.75) is 6.92 Å². The Hall–Kier alpha value is -3.40. The lowest BCUT2D eigenvalue weighted by Crippen LogP contribution is -2.22. The summed E-state index contributed by atoms with van der Waals surface area (Å²) in [6.45, 7) is 1.92. The number of hydrogen-bond donors (Lipinski definition) is 2. The van der Waals surface area contributed by atoms with Crippen molar-refractivity contribution in [2.75, 3.05) is 5.73 Å². The van der Waals surface area contributed by atoms with E-state index < -0.39 is 0 Å². The van der Waals surface area contributed by atoms with Crippen LogP contribution in [0.25, 0.3) is 11.1 Å². The van der Waals surface area contributed by atoms with Crippen LogP contribution in [0, 0.1) is 6.92 Å². The molecule has 4 nitrogen and oxygen atoms in total. The molecule has 1 aliphatic rings. The molecule has 1 aliphatic carbocycles. The molecule has 4 heteroatoms. The van der Waals surface area contributed by atoms with E-state index in [0.29, 0.717) is 11.1 Å². The maximum atomic E-state index is 13.1. The molecule has 0 aliphatic heterocycles. The number of benzene rings is 3. The van der Waals surface area contributed by atoms with E-state index in [4.69, 9.17) is 5.73 Å². The Morgan fingerprint density at radius 2 is 1.28 bits per heavy atom. The first-order chi connectivity index (χ1) is 12.0. The monoisotopic (exact) mass is 329 g/mol. The number of fused-ring (bicyclic) bond motifs is 2. The van der Waals surface area contributed by atoms with Gasteiger partial charge < -0.3 is 10.8 Å².